The lowest BCUT2D eigenvalue weighted by molar-refractivity contribution is -0.141. The molecule has 0 aliphatic carbocycles. The number of piperidine rings is 1. The summed E-state index contributed by atoms with van der Waals surface area (Å²) in [6.45, 7) is 10.3. The Kier molecular flexibility index (Phi) is 6.35. The first-order chi connectivity index (χ1) is 15.6. The van der Waals surface area contributed by atoms with Crippen LogP contribution in [0.4, 0.5) is 0 Å². The Labute approximate surface area is 194 Å². The molecular formula is C26H33N3O2S. The smallest absolute Gasteiger partial charge is 0.225 e. The third-order valence-electron chi connectivity index (χ3n) is 6.98. The van der Waals surface area contributed by atoms with Crippen molar-refractivity contribution in [1.82, 2.24) is 14.8 Å². The van der Waals surface area contributed by atoms with Crippen LogP contribution < -0.4 is 0 Å². The van der Waals surface area contributed by atoms with Gasteiger partial charge < -0.3 is 19.5 Å². The number of carbonyl (C=O) groups excluding carboxylic acids is 1. The van der Waals surface area contributed by atoms with Crippen molar-refractivity contribution in [3.63, 3.8) is 0 Å². The number of hydrogen-bond donors (Lipinski definition) is 1. The molecule has 1 N–H and O–H groups in total. The molecular weight excluding hydrogens is 418 g/mol. The number of carbonyl (C=O) groups is 1. The molecule has 0 spiro atoms. The predicted molar refractivity (Wildman–Crippen MR) is 131 cm³/mol. The highest BCUT2D eigenvalue weighted by molar-refractivity contribution is 7.16. The molecule has 0 saturated carbocycles. The fourth-order valence-electron chi connectivity index (χ4n) is 5.31. The summed E-state index contributed by atoms with van der Waals surface area (Å²) in [4.78, 5) is 22.3. The quantitative estimate of drug-likeness (QED) is 0.615. The molecule has 6 heteroatoms. The molecule has 2 aromatic heterocycles. The zero-order valence-corrected chi connectivity index (χ0v) is 20.0. The van der Waals surface area contributed by atoms with E-state index in [1.54, 1.807) is 11.3 Å². The van der Waals surface area contributed by atoms with E-state index in [0.29, 0.717) is 19.1 Å². The molecule has 1 aromatic carbocycles. The molecule has 0 unspecified atom stereocenters. The van der Waals surface area contributed by atoms with Gasteiger partial charge in [-0.2, -0.15) is 0 Å². The number of likely N-dealkylation sites (tertiary alicyclic amines) is 1. The van der Waals surface area contributed by atoms with Gasteiger partial charge in [0.05, 0.1) is 18.9 Å². The summed E-state index contributed by atoms with van der Waals surface area (Å²) in [5.74, 6) is 0.529. The topological polar surface area (TPSA) is 48.6 Å². The molecule has 32 heavy (non-hydrogen) atoms. The van der Waals surface area contributed by atoms with Gasteiger partial charge >= 0.3 is 0 Å². The second-order valence-corrected chi connectivity index (χ2v) is 10.2. The summed E-state index contributed by atoms with van der Waals surface area (Å²) in [6.07, 6.45) is 2.98. The number of H-pyrrole nitrogens is 1. The van der Waals surface area contributed by atoms with Gasteiger partial charge in [0.1, 0.15) is 4.83 Å². The van der Waals surface area contributed by atoms with Crippen molar-refractivity contribution >= 4 is 27.5 Å². The summed E-state index contributed by atoms with van der Waals surface area (Å²) in [5.41, 5.74) is 6.59. The van der Waals surface area contributed by atoms with Crippen LogP contribution in [0.25, 0.3) is 21.5 Å². The molecule has 1 amide bonds. The number of aromatic nitrogens is 1. The fraction of sp³-hybridized carbons (Fsp3) is 0.500. The SMILES string of the molecule is Cc1cc(C)cc(-c2[nH]c3sccc3c2CCN2CCC(C(=O)N3CCOCC3)CC2)c1. The molecule has 5 rings (SSSR count). The van der Waals surface area contributed by atoms with E-state index in [1.807, 2.05) is 4.90 Å². The summed E-state index contributed by atoms with van der Waals surface area (Å²) in [7, 11) is 0. The first-order valence-electron chi connectivity index (χ1n) is 11.8. The number of amides is 1. The Balaban J connectivity index is 1.25. The average molecular weight is 452 g/mol. The summed E-state index contributed by atoms with van der Waals surface area (Å²) in [6, 6.07) is 9.06. The van der Waals surface area contributed by atoms with Gasteiger partial charge in [0.25, 0.3) is 0 Å². The van der Waals surface area contributed by atoms with Crippen molar-refractivity contribution in [1.29, 1.82) is 0 Å². The Morgan fingerprint density at radius 2 is 1.81 bits per heavy atom. The van der Waals surface area contributed by atoms with E-state index < -0.39 is 0 Å². The van der Waals surface area contributed by atoms with Gasteiger partial charge in [-0.15, -0.1) is 11.3 Å². The van der Waals surface area contributed by atoms with Gasteiger partial charge in [0.15, 0.2) is 0 Å². The largest absolute Gasteiger partial charge is 0.378 e. The first-order valence-corrected chi connectivity index (χ1v) is 12.7. The average Bonchev–Trinajstić information content (AvgIpc) is 3.39. The van der Waals surface area contributed by atoms with Crippen molar-refractivity contribution < 1.29 is 9.53 Å². The number of fused-ring (bicyclic) bond motifs is 1. The van der Waals surface area contributed by atoms with E-state index in [9.17, 15) is 4.79 Å². The summed E-state index contributed by atoms with van der Waals surface area (Å²) in [5, 5.41) is 3.54. The summed E-state index contributed by atoms with van der Waals surface area (Å²) < 4.78 is 5.40. The molecule has 5 nitrogen and oxygen atoms in total. The third kappa shape index (κ3) is 4.49. The number of hydrogen-bond acceptors (Lipinski definition) is 4. The van der Waals surface area contributed by atoms with Crippen molar-refractivity contribution in [3.05, 3.63) is 46.3 Å². The maximum absolute atomic E-state index is 12.8. The first kappa shape index (κ1) is 21.7. The van der Waals surface area contributed by atoms with Crippen molar-refractivity contribution in [2.45, 2.75) is 33.1 Å². The van der Waals surface area contributed by atoms with Gasteiger partial charge in [-0.3, -0.25) is 4.79 Å². The van der Waals surface area contributed by atoms with Gasteiger partial charge in [-0.05, 0) is 80.9 Å². The minimum absolute atomic E-state index is 0.186. The van der Waals surface area contributed by atoms with Crippen LogP contribution in [0.15, 0.2) is 29.6 Å². The van der Waals surface area contributed by atoms with Crippen molar-refractivity contribution in [3.8, 4) is 11.3 Å². The number of aromatic amines is 1. The molecule has 2 fully saturated rings. The molecule has 2 aliphatic heterocycles. The second kappa shape index (κ2) is 9.38. The second-order valence-electron chi connectivity index (χ2n) is 9.32. The van der Waals surface area contributed by atoms with Crippen molar-refractivity contribution in [2.24, 2.45) is 5.92 Å². The lowest BCUT2D eigenvalue weighted by Crippen LogP contribution is -2.47. The number of aryl methyl sites for hydroxylation is 2. The van der Waals surface area contributed by atoms with Crippen LogP contribution in [-0.4, -0.2) is 66.6 Å². The van der Waals surface area contributed by atoms with Crippen LogP contribution in [0.1, 0.15) is 29.5 Å². The van der Waals surface area contributed by atoms with Crippen LogP contribution >= 0.6 is 11.3 Å². The summed E-state index contributed by atoms with van der Waals surface area (Å²) >= 11 is 1.78. The highest BCUT2D eigenvalue weighted by Crippen LogP contribution is 2.34. The maximum Gasteiger partial charge on any atom is 0.225 e. The van der Waals surface area contributed by atoms with Crippen LogP contribution in [0, 0.1) is 19.8 Å². The monoisotopic (exact) mass is 451 g/mol. The third-order valence-corrected chi connectivity index (χ3v) is 7.81. The molecule has 4 heterocycles. The van der Waals surface area contributed by atoms with E-state index in [2.05, 4.69) is 53.4 Å². The number of nitrogens with zero attached hydrogens (tertiary/aromatic N) is 2. The van der Waals surface area contributed by atoms with Gasteiger partial charge in [0, 0.05) is 30.9 Å². The molecule has 3 aromatic rings. The molecule has 0 bridgehead atoms. The lowest BCUT2D eigenvalue weighted by Gasteiger charge is -2.35. The molecule has 2 aliphatic rings. The molecule has 170 valence electrons. The van der Waals surface area contributed by atoms with Crippen LogP contribution in [0.3, 0.4) is 0 Å². The Bertz CT molecular complexity index is 1070. The van der Waals surface area contributed by atoms with Gasteiger partial charge in [-0.1, -0.05) is 17.2 Å². The minimum Gasteiger partial charge on any atom is -0.378 e. The van der Waals surface area contributed by atoms with Gasteiger partial charge in [-0.25, -0.2) is 0 Å². The number of ether oxygens (including phenoxy) is 1. The molecule has 0 radical (unpaired) electrons. The van der Waals surface area contributed by atoms with E-state index in [1.165, 1.54) is 38.2 Å². The fourth-order valence-corrected chi connectivity index (χ4v) is 6.13. The van der Waals surface area contributed by atoms with E-state index in [4.69, 9.17) is 4.74 Å². The standard InChI is InChI=1S/C26H33N3O2S/c1-18-15-19(2)17-21(16-18)24-22(23-6-14-32-25(23)27-24)5-9-28-7-3-20(4-8-28)26(30)29-10-12-31-13-11-29/h6,14-17,20,27H,3-5,7-13H2,1-2H3. The number of nitrogens with one attached hydrogen (secondary N) is 1. The van der Waals surface area contributed by atoms with Crippen LogP contribution in [0.5, 0.6) is 0 Å². The zero-order chi connectivity index (χ0) is 22.1. The highest BCUT2D eigenvalue weighted by Gasteiger charge is 2.29. The van der Waals surface area contributed by atoms with E-state index >= 15 is 0 Å². The lowest BCUT2D eigenvalue weighted by atomic mass is 9.94. The Hall–Kier alpha value is -2.15. The maximum atomic E-state index is 12.8. The van der Waals surface area contributed by atoms with E-state index in [-0.39, 0.29) is 5.92 Å². The minimum atomic E-state index is 0.186. The molecule has 0 atom stereocenters. The number of thiophene rings is 1. The van der Waals surface area contributed by atoms with Gasteiger partial charge in [0.2, 0.25) is 5.91 Å². The van der Waals surface area contributed by atoms with Crippen LogP contribution in [-0.2, 0) is 16.0 Å². The Morgan fingerprint density at radius 3 is 2.53 bits per heavy atom. The zero-order valence-electron chi connectivity index (χ0n) is 19.2. The number of rotatable bonds is 5. The number of benzene rings is 1. The molecule has 2 saturated heterocycles. The number of morpholine rings is 1. The van der Waals surface area contributed by atoms with Crippen molar-refractivity contribution in [2.75, 3.05) is 45.9 Å². The highest BCUT2D eigenvalue weighted by atomic mass is 32.1. The normalized spacial score (nSPS) is 18.5. The Morgan fingerprint density at radius 1 is 1.09 bits per heavy atom. The van der Waals surface area contributed by atoms with Crippen LogP contribution in [0.2, 0.25) is 0 Å². The van der Waals surface area contributed by atoms with E-state index in [0.717, 1.165) is 52.0 Å². The predicted octanol–water partition coefficient (Wildman–Crippen LogP) is 4.63.